The van der Waals surface area contributed by atoms with Crippen LogP contribution in [0.5, 0.6) is 0 Å². The van der Waals surface area contributed by atoms with Crippen molar-refractivity contribution in [3.63, 3.8) is 0 Å². The molecule has 0 spiro atoms. The van der Waals surface area contributed by atoms with Crippen LogP contribution in [-0.2, 0) is 10.8 Å². The summed E-state index contributed by atoms with van der Waals surface area (Å²) in [6, 6.07) is 52.4. The maximum Gasteiger partial charge on any atom is 0.0540 e. The Hall–Kier alpha value is -5.86. The molecule has 0 saturated carbocycles. The Bertz CT molecular complexity index is 2720. The van der Waals surface area contributed by atoms with Crippen molar-refractivity contribution in [2.45, 2.75) is 58.8 Å². The lowest BCUT2D eigenvalue weighted by atomic mass is 9.60. The Morgan fingerprint density at radius 1 is 0.574 bits per heavy atom. The van der Waals surface area contributed by atoms with Crippen molar-refractivity contribution in [1.82, 2.24) is 0 Å². The molecule has 3 aliphatic rings. The van der Waals surface area contributed by atoms with Gasteiger partial charge in [-0.3, -0.25) is 0 Å². The van der Waals surface area contributed by atoms with E-state index < -0.39 is 0 Å². The lowest BCUT2D eigenvalue weighted by molar-refractivity contribution is 0.339. The zero-order chi connectivity index (χ0) is 36.9. The standard InChI is InChI=1S/C52H46N2/c1-33-27-34(2)29-41(28-33)53(47-20-11-14-35-13-7-8-15-42(35)47)40-25-23-37-30-36(21-22-38(37)31-40)39-24-26-49-46(32-39)52(5,6)45-18-12-17-44-50(45)54(49)48-19-10-9-16-43(48)51(44,3)4/h7-17,19-32,45H,18H2,1-6H3. The minimum absolute atomic E-state index is 0.0273. The molecule has 2 heteroatoms. The van der Waals surface area contributed by atoms with Crippen LogP contribution < -0.4 is 9.80 Å². The van der Waals surface area contributed by atoms with Crippen molar-refractivity contribution in [2.24, 2.45) is 5.92 Å². The number of hydrogen-bond donors (Lipinski definition) is 0. The Kier molecular flexibility index (Phi) is 7.17. The number of hydrogen-bond acceptors (Lipinski definition) is 2. The van der Waals surface area contributed by atoms with E-state index in [1.165, 1.54) is 88.9 Å². The maximum absolute atomic E-state index is 2.60. The Balaban J connectivity index is 1.08. The highest BCUT2D eigenvalue weighted by Gasteiger charge is 2.50. The molecule has 0 radical (unpaired) electrons. The minimum Gasteiger partial charge on any atom is -0.313 e. The molecule has 1 aliphatic carbocycles. The largest absolute Gasteiger partial charge is 0.313 e. The first-order chi connectivity index (χ1) is 26.1. The van der Waals surface area contributed by atoms with Crippen LogP contribution >= 0.6 is 0 Å². The van der Waals surface area contributed by atoms with Gasteiger partial charge in [-0.2, -0.15) is 0 Å². The average Bonchev–Trinajstić information content (AvgIpc) is 3.17. The number of aryl methyl sites for hydroxylation is 2. The van der Waals surface area contributed by atoms with E-state index >= 15 is 0 Å². The van der Waals surface area contributed by atoms with E-state index in [0.29, 0.717) is 5.92 Å². The number of para-hydroxylation sites is 1. The van der Waals surface area contributed by atoms with Crippen LogP contribution in [0.1, 0.15) is 56.4 Å². The molecule has 2 aliphatic heterocycles. The van der Waals surface area contributed by atoms with Crippen LogP contribution in [-0.4, -0.2) is 0 Å². The molecule has 0 aromatic heterocycles. The van der Waals surface area contributed by atoms with E-state index in [9.17, 15) is 0 Å². The number of anilines is 5. The van der Waals surface area contributed by atoms with E-state index in [2.05, 4.69) is 203 Å². The first-order valence-electron chi connectivity index (χ1n) is 19.5. The quantitative estimate of drug-likeness (QED) is 0.181. The van der Waals surface area contributed by atoms with Gasteiger partial charge in [0.2, 0.25) is 0 Å². The summed E-state index contributed by atoms with van der Waals surface area (Å²) in [5, 5.41) is 4.95. The molecule has 1 atom stereocenters. The number of fused-ring (bicyclic) bond motifs is 6. The summed E-state index contributed by atoms with van der Waals surface area (Å²) < 4.78 is 0. The lowest BCUT2D eigenvalue weighted by Gasteiger charge is -2.54. The molecule has 0 N–H and O–H groups in total. The molecule has 7 aromatic rings. The van der Waals surface area contributed by atoms with E-state index in [1.54, 1.807) is 0 Å². The molecule has 264 valence electrons. The summed E-state index contributed by atoms with van der Waals surface area (Å²) in [4.78, 5) is 5.03. The molecular weight excluding hydrogens is 653 g/mol. The first-order valence-corrected chi connectivity index (χ1v) is 19.5. The van der Waals surface area contributed by atoms with E-state index in [1.807, 2.05) is 0 Å². The Morgan fingerprint density at radius 3 is 2.11 bits per heavy atom. The topological polar surface area (TPSA) is 6.48 Å². The highest BCUT2D eigenvalue weighted by Crippen LogP contribution is 2.60. The van der Waals surface area contributed by atoms with Crippen molar-refractivity contribution in [1.29, 1.82) is 0 Å². The second kappa shape index (κ2) is 11.8. The van der Waals surface area contributed by atoms with Gasteiger partial charge in [-0.15, -0.1) is 0 Å². The zero-order valence-electron chi connectivity index (χ0n) is 32.1. The van der Waals surface area contributed by atoms with Crippen LogP contribution in [0.2, 0.25) is 0 Å². The third-order valence-electron chi connectivity index (χ3n) is 12.7. The molecule has 0 amide bonds. The number of rotatable bonds is 4. The summed E-state index contributed by atoms with van der Waals surface area (Å²) >= 11 is 0. The van der Waals surface area contributed by atoms with Crippen molar-refractivity contribution in [2.75, 3.05) is 9.80 Å². The fraction of sp³-hybridized carbons (Fsp3) is 0.192. The molecule has 0 saturated heterocycles. The minimum atomic E-state index is -0.0407. The van der Waals surface area contributed by atoms with E-state index in [-0.39, 0.29) is 10.8 Å². The highest BCUT2D eigenvalue weighted by molar-refractivity contribution is 6.00. The average molecular weight is 699 g/mol. The van der Waals surface area contributed by atoms with Gasteiger partial charge in [0.25, 0.3) is 0 Å². The van der Waals surface area contributed by atoms with Crippen LogP contribution in [0.3, 0.4) is 0 Å². The number of benzene rings is 7. The molecule has 54 heavy (non-hydrogen) atoms. The SMILES string of the molecule is Cc1cc(C)cc(N(c2ccc3cc(-c4ccc5c(c4)C(C)(C)C4CC=CC6=C4N5c4ccccc4C6(C)C)ccc3c2)c2cccc3ccccc23)c1. The highest BCUT2D eigenvalue weighted by atomic mass is 15.2. The fourth-order valence-corrected chi connectivity index (χ4v) is 9.96. The summed E-state index contributed by atoms with van der Waals surface area (Å²) in [5.74, 6) is 0.407. The molecule has 0 bridgehead atoms. The van der Waals surface area contributed by atoms with Gasteiger partial charge in [0.1, 0.15) is 0 Å². The predicted molar refractivity (Wildman–Crippen MR) is 230 cm³/mol. The van der Waals surface area contributed by atoms with Crippen molar-refractivity contribution in [3.8, 4) is 11.1 Å². The zero-order valence-corrected chi connectivity index (χ0v) is 32.1. The van der Waals surface area contributed by atoms with Gasteiger partial charge in [0.05, 0.1) is 5.69 Å². The normalized spacial score (nSPS) is 17.7. The number of nitrogens with zero attached hydrogens (tertiary/aromatic N) is 2. The molecule has 0 fully saturated rings. The van der Waals surface area contributed by atoms with Crippen LogP contribution in [0, 0.1) is 19.8 Å². The summed E-state index contributed by atoms with van der Waals surface area (Å²) in [6.07, 6.45) is 5.89. The van der Waals surface area contributed by atoms with Gasteiger partial charge in [-0.05, 0) is 130 Å². The molecule has 7 aromatic carbocycles. The third-order valence-corrected chi connectivity index (χ3v) is 12.7. The van der Waals surface area contributed by atoms with E-state index in [4.69, 9.17) is 0 Å². The smallest absolute Gasteiger partial charge is 0.0540 e. The maximum atomic E-state index is 2.60. The monoisotopic (exact) mass is 698 g/mol. The van der Waals surface area contributed by atoms with Gasteiger partial charge in [-0.25, -0.2) is 0 Å². The molecule has 2 nitrogen and oxygen atoms in total. The van der Waals surface area contributed by atoms with Gasteiger partial charge >= 0.3 is 0 Å². The number of allylic oxidation sites excluding steroid dienone is 4. The molecular formula is C52H46N2. The van der Waals surface area contributed by atoms with Crippen molar-refractivity contribution >= 4 is 50.0 Å². The van der Waals surface area contributed by atoms with Crippen LogP contribution in [0.25, 0.3) is 32.7 Å². The second-order valence-corrected chi connectivity index (χ2v) is 16.8. The Labute approximate surface area is 319 Å². The third kappa shape index (κ3) is 4.86. The van der Waals surface area contributed by atoms with Gasteiger partial charge in [-0.1, -0.05) is 125 Å². The summed E-state index contributed by atoms with van der Waals surface area (Å²) in [7, 11) is 0. The van der Waals surface area contributed by atoms with Crippen LogP contribution in [0.4, 0.5) is 28.4 Å². The fourth-order valence-electron chi connectivity index (χ4n) is 9.96. The second-order valence-electron chi connectivity index (χ2n) is 16.8. The predicted octanol–water partition coefficient (Wildman–Crippen LogP) is 14.3. The first kappa shape index (κ1) is 32.8. The van der Waals surface area contributed by atoms with Crippen LogP contribution in [0.15, 0.2) is 163 Å². The van der Waals surface area contributed by atoms with Gasteiger partial charge < -0.3 is 9.80 Å². The van der Waals surface area contributed by atoms with Gasteiger partial charge in [0, 0.05) is 50.6 Å². The molecule has 10 rings (SSSR count). The molecule has 2 heterocycles. The summed E-state index contributed by atoms with van der Waals surface area (Å²) in [6.45, 7) is 14.1. The lowest BCUT2D eigenvalue weighted by Crippen LogP contribution is -2.47. The van der Waals surface area contributed by atoms with Crippen molar-refractivity contribution in [3.05, 3.63) is 185 Å². The summed E-state index contributed by atoms with van der Waals surface area (Å²) in [5.41, 5.74) is 16.9. The van der Waals surface area contributed by atoms with Crippen molar-refractivity contribution < 1.29 is 0 Å². The van der Waals surface area contributed by atoms with Gasteiger partial charge in [0.15, 0.2) is 0 Å². The molecule has 1 unspecified atom stereocenters. The Morgan fingerprint density at radius 2 is 1.26 bits per heavy atom. The van der Waals surface area contributed by atoms with E-state index in [0.717, 1.165) is 12.1 Å².